The first-order valence-corrected chi connectivity index (χ1v) is 4.53. The maximum absolute atomic E-state index is 10.9. The number of methoxy groups -OCH3 is 1. The SMILES string of the molecule is COc1ccc([N+](=O)[O-])c(OCC(=O)NN)c1. The fraction of sp³-hybridized carbons (Fsp3) is 0.222. The van der Waals surface area contributed by atoms with Crippen molar-refractivity contribution >= 4 is 11.6 Å². The van der Waals surface area contributed by atoms with E-state index in [9.17, 15) is 14.9 Å². The Balaban J connectivity index is 2.93. The molecule has 0 atom stereocenters. The number of rotatable bonds is 5. The van der Waals surface area contributed by atoms with Gasteiger partial charge in [-0.3, -0.25) is 20.3 Å². The van der Waals surface area contributed by atoms with Crippen LogP contribution in [0.1, 0.15) is 0 Å². The summed E-state index contributed by atoms with van der Waals surface area (Å²) in [5.41, 5.74) is 1.59. The molecule has 0 aliphatic heterocycles. The van der Waals surface area contributed by atoms with Crippen LogP contribution in [0.5, 0.6) is 11.5 Å². The molecule has 1 rings (SSSR count). The van der Waals surface area contributed by atoms with Crippen LogP contribution in [0.3, 0.4) is 0 Å². The highest BCUT2D eigenvalue weighted by atomic mass is 16.6. The van der Waals surface area contributed by atoms with E-state index in [1.807, 2.05) is 5.43 Å². The molecule has 0 aromatic heterocycles. The zero-order valence-electron chi connectivity index (χ0n) is 9.00. The molecule has 8 nitrogen and oxygen atoms in total. The number of nitrogens with zero attached hydrogens (tertiary/aromatic N) is 1. The summed E-state index contributed by atoms with van der Waals surface area (Å²) in [7, 11) is 1.41. The molecular weight excluding hydrogens is 230 g/mol. The van der Waals surface area contributed by atoms with Gasteiger partial charge < -0.3 is 9.47 Å². The Kier molecular flexibility index (Phi) is 4.23. The summed E-state index contributed by atoms with van der Waals surface area (Å²) in [5.74, 6) is 4.59. The predicted octanol–water partition coefficient (Wildman–Crippen LogP) is -0.0279. The van der Waals surface area contributed by atoms with Gasteiger partial charge in [-0.2, -0.15) is 0 Å². The fourth-order valence-electron chi connectivity index (χ4n) is 1.07. The van der Waals surface area contributed by atoms with Gasteiger partial charge in [0.2, 0.25) is 5.75 Å². The summed E-state index contributed by atoms with van der Waals surface area (Å²) >= 11 is 0. The molecule has 0 saturated carbocycles. The molecule has 0 aliphatic carbocycles. The Hall–Kier alpha value is -2.35. The largest absolute Gasteiger partial charge is 0.497 e. The summed E-state index contributed by atoms with van der Waals surface area (Å²) in [6.45, 7) is -0.412. The monoisotopic (exact) mass is 241 g/mol. The number of hydrogen-bond donors (Lipinski definition) is 2. The molecule has 0 saturated heterocycles. The molecule has 0 bridgehead atoms. The van der Waals surface area contributed by atoms with Gasteiger partial charge in [0.15, 0.2) is 6.61 Å². The molecule has 0 unspecified atom stereocenters. The molecule has 0 fully saturated rings. The third-order valence-electron chi connectivity index (χ3n) is 1.88. The predicted molar refractivity (Wildman–Crippen MR) is 57.5 cm³/mol. The molecule has 1 aromatic rings. The Labute approximate surface area is 96.4 Å². The Morgan fingerprint density at radius 2 is 2.29 bits per heavy atom. The number of carbonyl (C=O) groups is 1. The Bertz CT molecular complexity index is 435. The zero-order chi connectivity index (χ0) is 12.8. The molecule has 0 heterocycles. The average molecular weight is 241 g/mol. The van der Waals surface area contributed by atoms with Crippen LogP contribution in [0.25, 0.3) is 0 Å². The van der Waals surface area contributed by atoms with E-state index in [1.165, 1.54) is 25.3 Å². The number of nitrogens with one attached hydrogen (secondary N) is 1. The maximum atomic E-state index is 10.9. The van der Waals surface area contributed by atoms with E-state index in [0.717, 1.165) is 0 Å². The quantitative estimate of drug-likeness (QED) is 0.323. The van der Waals surface area contributed by atoms with Crippen molar-refractivity contribution in [2.24, 2.45) is 5.84 Å². The molecule has 0 aliphatic rings. The third-order valence-corrected chi connectivity index (χ3v) is 1.88. The zero-order valence-corrected chi connectivity index (χ0v) is 9.00. The van der Waals surface area contributed by atoms with Crippen LogP contribution < -0.4 is 20.7 Å². The first-order chi connectivity index (χ1) is 8.08. The molecule has 92 valence electrons. The average Bonchev–Trinajstić information content (AvgIpc) is 2.35. The Morgan fingerprint density at radius 1 is 1.59 bits per heavy atom. The fourth-order valence-corrected chi connectivity index (χ4v) is 1.07. The lowest BCUT2D eigenvalue weighted by Crippen LogP contribution is -2.34. The van der Waals surface area contributed by atoms with Crippen LogP contribution >= 0.6 is 0 Å². The van der Waals surface area contributed by atoms with Crippen molar-refractivity contribution in [2.45, 2.75) is 0 Å². The first kappa shape index (κ1) is 12.7. The van der Waals surface area contributed by atoms with Crippen molar-refractivity contribution in [3.05, 3.63) is 28.3 Å². The van der Waals surface area contributed by atoms with Gasteiger partial charge in [-0.1, -0.05) is 0 Å². The van der Waals surface area contributed by atoms with Crippen molar-refractivity contribution in [2.75, 3.05) is 13.7 Å². The highest BCUT2D eigenvalue weighted by Crippen LogP contribution is 2.30. The van der Waals surface area contributed by atoms with Crippen molar-refractivity contribution in [3.63, 3.8) is 0 Å². The van der Waals surface area contributed by atoms with Crippen LogP contribution in [-0.2, 0) is 4.79 Å². The number of ether oxygens (including phenoxy) is 2. The lowest BCUT2D eigenvalue weighted by Gasteiger charge is -2.07. The molecule has 17 heavy (non-hydrogen) atoms. The lowest BCUT2D eigenvalue weighted by atomic mass is 10.3. The molecular formula is C9H11N3O5. The van der Waals surface area contributed by atoms with E-state index in [1.54, 1.807) is 0 Å². The van der Waals surface area contributed by atoms with Gasteiger partial charge in [-0.15, -0.1) is 0 Å². The number of hydrazine groups is 1. The number of carbonyl (C=O) groups excluding carboxylic acids is 1. The molecule has 1 aromatic carbocycles. The van der Waals surface area contributed by atoms with Crippen LogP contribution in [-0.4, -0.2) is 24.5 Å². The van der Waals surface area contributed by atoms with E-state index in [2.05, 4.69) is 0 Å². The van der Waals surface area contributed by atoms with E-state index in [0.29, 0.717) is 5.75 Å². The minimum Gasteiger partial charge on any atom is -0.497 e. The van der Waals surface area contributed by atoms with Gasteiger partial charge in [-0.05, 0) is 6.07 Å². The summed E-state index contributed by atoms with van der Waals surface area (Å²) in [6, 6.07) is 3.98. The second-order valence-corrected chi connectivity index (χ2v) is 2.95. The normalized spacial score (nSPS) is 9.53. The van der Waals surface area contributed by atoms with Crippen LogP contribution in [0.4, 0.5) is 5.69 Å². The third kappa shape index (κ3) is 3.31. The minimum absolute atomic E-state index is 0.0575. The van der Waals surface area contributed by atoms with E-state index in [-0.39, 0.29) is 11.4 Å². The highest BCUT2D eigenvalue weighted by molar-refractivity contribution is 5.77. The number of nitro benzene ring substituents is 1. The van der Waals surface area contributed by atoms with Gasteiger partial charge in [0.1, 0.15) is 5.75 Å². The second-order valence-electron chi connectivity index (χ2n) is 2.95. The van der Waals surface area contributed by atoms with Crippen molar-refractivity contribution < 1.29 is 19.2 Å². The number of hydrogen-bond acceptors (Lipinski definition) is 6. The molecule has 3 N–H and O–H groups in total. The molecule has 1 amide bonds. The van der Waals surface area contributed by atoms with Crippen molar-refractivity contribution in [1.29, 1.82) is 0 Å². The van der Waals surface area contributed by atoms with Crippen LogP contribution in [0.15, 0.2) is 18.2 Å². The summed E-state index contributed by atoms with van der Waals surface area (Å²) in [4.78, 5) is 20.9. The summed E-state index contributed by atoms with van der Waals surface area (Å²) in [6.07, 6.45) is 0. The minimum atomic E-state index is -0.616. The number of amides is 1. The van der Waals surface area contributed by atoms with Gasteiger partial charge in [-0.25, -0.2) is 5.84 Å². The van der Waals surface area contributed by atoms with Crippen LogP contribution in [0, 0.1) is 10.1 Å². The van der Waals surface area contributed by atoms with Crippen LogP contribution in [0.2, 0.25) is 0 Å². The summed E-state index contributed by atoms with van der Waals surface area (Å²) < 4.78 is 9.87. The number of nitro groups is 1. The molecule has 8 heteroatoms. The highest BCUT2D eigenvalue weighted by Gasteiger charge is 2.16. The smallest absolute Gasteiger partial charge is 0.311 e. The topological polar surface area (TPSA) is 117 Å². The maximum Gasteiger partial charge on any atom is 0.311 e. The van der Waals surface area contributed by atoms with Gasteiger partial charge in [0, 0.05) is 12.1 Å². The molecule has 0 radical (unpaired) electrons. The first-order valence-electron chi connectivity index (χ1n) is 4.53. The lowest BCUT2D eigenvalue weighted by molar-refractivity contribution is -0.385. The van der Waals surface area contributed by atoms with Crippen molar-refractivity contribution in [1.82, 2.24) is 5.43 Å². The van der Waals surface area contributed by atoms with Crippen molar-refractivity contribution in [3.8, 4) is 11.5 Å². The summed E-state index contributed by atoms with van der Waals surface area (Å²) in [5, 5.41) is 10.7. The number of benzene rings is 1. The standard InChI is InChI=1S/C9H11N3O5/c1-16-6-2-3-7(12(14)15)8(4-6)17-5-9(13)11-10/h2-4H,5,10H2,1H3,(H,11,13). The van der Waals surface area contributed by atoms with Gasteiger partial charge in [0.05, 0.1) is 12.0 Å². The number of nitrogens with two attached hydrogens (primary N) is 1. The van der Waals surface area contributed by atoms with Gasteiger partial charge >= 0.3 is 5.69 Å². The molecule has 0 spiro atoms. The Morgan fingerprint density at radius 3 is 2.82 bits per heavy atom. The second kappa shape index (κ2) is 5.66. The van der Waals surface area contributed by atoms with Gasteiger partial charge in [0.25, 0.3) is 5.91 Å². The van der Waals surface area contributed by atoms with E-state index in [4.69, 9.17) is 15.3 Å². The van der Waals surface area contributed by atoms with E-state index < -0.39 is 17.4 Å². The van der Waals surface area contributed by atoms with E-state index >= 15 is 0 Å².